The van der Waals surface area contributed by atoms with Gasteiger partial charge in [-0.15, -0.1) is 0 Å². The number of Topliss-reactive ketones (excluding diaryl/α,β-unsaturated/α-hetero) is 1. The molecule has 0 radical (unpaired) electrons. The smallest absolute Gasteiger partial charge is 0.142 e. The second-order valence-electron chi connectivity index (χ2n) is 2.52. The van der Waals surface area contributed by atoms with Crippen molar-refractivity contribution in [2.24, 2.45) is 0 Å². The summed E-state index contributed by atoms with van der Waals surface area (Å²) in [6.07, 6.45) is 2.30. The molecule has 0 aromatic carbocycles. The van der Waals surface area contributed by atoms with E-state index < -0.39 is 0 Å². The second kappa shape index (κ2) is 7.95. The molecular formula is C8H16O2S2. The Hall–Kier alpha value is 0.330. The molecule has 0 rings (SSSR count). The average molecular weight is 208 g/mol. The highest BCUT2D eigenvalue weighted by molar-refractivity contribution is 8.00. The Kier molecular flexibility index (Phi) is 8.17. The van der Waals surface area contributed by atoms with Crippen molar-refractivity contribution in [3.8, 4) is 0 Å². The third-order valence-corrected chi connectivity index (χ3v) is 3.19. The highest BCUT2D eigenvalue weighted by Crippen LogP contribution is 2.07. The maximum absolute atomic E-state index is 10.8. The quantitative estimate of drug-likeness (QED) is 0.686. The highest BCUT2D eigenvalue weighted by atomic mass is 32.2. The molecule has 1 N–H and O–H groups in total. The lowest BCUT2D eigenvalue weighted by atomic mass is 10.4. The van der Waals surface area contributed by atoms with Gasteiger partial charge in [0.25, 0.3) is 0 Å². The van der Waals surface area contributed by atoms with Crippen molar-refractivity contribution in [2.75, 3.05) is 23.5 Å². The Labute approximate surface area is 82.5 Å². The minimum atomic E-state index is -0.269. The summed E-state index contributed by atoms with van der Waals surface area (Å²) in [6, 6.07) is 0. The Morgan fingerprint density at radius 1 is 1.50 bits per heavy atom. The molecule has 72 valence electrons. The van der Waals surface area contributed by atoms with Crippen LogP contribution in [0.3, 0.4) is 0 Å². The molecule has 0 aliphatic rings. The number of thioether (sulfide) groups is 2. The van der Waals surface area contributed by atoms with Crippen LogP contribution < -0.4 is 0 Å². The second-order valence-corrected chi connectivity index (χ2v) is 4.46. The molecule has 0 fully saturated rings. The number of hydrogen-bond donors (Lipinski definition) is 1. The van der Waals surface area contributed by atoms with Crippen molar-refractivity contribution < 1.29 is 9.90 Å². The van der Waals surface area contributed by atoms with Gasteiger partial charge in [-0.05, 0) is 6.26 Å². The summed E-state index contributed by atoms with van der Waals surface area (Å²) in [5.41, 5.74) is 0. The number of hydrogen-bond acceptors (Lipinski definition) is 4. The maximum Gasteiger partial charge on any atom is 0.142 e. The molecule has 0 amide bonds. The monoisotopic (exact) mass is 208 g/mol. The van der Waals surface area contributed by atoms with Crippen molar-refractivity contribution in [1.82, 2.24) is 0 Å². The van der Waals surface area contributed by atoms with Crippen molar-refractivity contribution in [3.05, 3.63) is 0 Å². The first-order valence-electron chi connectivity index (χ1n) is 3.97. The van der Waals surface area contributed by atoms with Crippen molar-refractivity contribution in [1.29, 1.82) is 0 Å². The zero-order valence-corrected chi connectivity index (χ0v) is 9.21. The van der Waals surface area contributed by atoms with E-state index in [0.717, 1.165) is 5.75 Å². The molecule has 4 heteroatoms. The van der Waals surface area contributed by atoms with Gasteiger partial charge in [-0.3, -0.25) is 4.79 Å². The third-order valence-electron chi connectivity index (χ3n) is 1.33. The first-order valence-corrected chi connectivity index (χ1v) is 6.52. The van der Waals surface area contributed by atoms with Gasteiger partial charge in [-0.25, -0.2) is 0 Å². The van der Waals surface area contributed by atoms with E-state index in [0.29, 0.717) is 17.9 Å². The summed E-state index contributed by atoms with van der Waals surface area (Å²) >= 11 is 3.15. The molecule has 2 nitrogen and oxygen atoms in total. The average Bonchev–Trinajstić information content (AvgIpc) is 2.04. The maximum atomic E-state index is 10.8. The van der Waals surface area contributed by atoms with E-state index in [1.165, 1.54) is 11.8 Å². The van der Waals surface area contributed by atoms with Crippen LogP contribution in [0.1, 0.15) is 13.3 Å². The lowest BCUT2D eigenvalue weighted by molar-refractivity contribution is -0.116. The molecule has 1 unspecified atom stereocenters. The molecule has 12 heavy (non-hydrogen) atoms. The molecule has 0 aliphatic heterocycles. The number of aliphatic hydroxyl groups excluding tert-OH is 1. The van der Waals surface area contributed by atoms with E-state index >= 15 is 0 Å². The van der Waals surface area contributed by atoms with Gasteiger partial charge in [0.15, 0.2) is 0 Å². The molecule has 0 heterocycles. The fourth-order valence-corrected chi connectivity index (χ4v) is 2.24. The molecule has 0 saturated carbocycles. The molecule has 0 aromatic heterocycles. The fourth-order valence-electron chi connectivity index (χ4n) is 0.651. The minimum Gasteiger partial charge on any atom is -0.391 e. The van der Waals surface area contributed by atoms with Gasteiger partial charge in [0, 0.05) is 17.9 Å². The van der Waals surface area contributed by atoms with Gasteiger partial charge in [-0.2, -0.15) is 23.5 Å². The van der Waals surface area contributed by atoms with E-state index in [4.69, 9.17) is 0 Å². The molecule has 0 spiro atoms. The predicted molar refractivity (Wildman–Crippen MR) is 57.0 cm³/mol. The topological polar surface area (TPSA) is 37.3 Å². The van der Waals surface area contributed by atoms with Crippen LogP contribution in [-0.4, -0.2) is 40.5 Å². The fraction of sp³-hybridized carbons (Fsp3) is 0.875. The van der Waals surface area contributed by atoms with Crippen molar-refractivity contribution >= 4 is 29.3 Å². The number of aliphatic hydroxyl groups is 1. The van der Waals surface area contributed by atoms with Crippen LogP contribution in [0.25, 0.3) is 0 Å². The first-order chi connectivity index (χ1) is 5.70. The van der Waals surface area contributed by atoms with Crippen LogP contribution >= 0.6 is 23.5 Å². The molecular weight excluding hydrogens is 192 g/mol. The van der Waals surface area contributed by atoms with E-state index in [1.54, 1.807) is 11.8 Å². The van der Waals surface area contributed by atoms with Crippen LogP contribution in [0, 0.1) is 0 Å². The number of ketones is 1. The standard InChI is InChI=1S/C8H16O2S2/c1-3-7(9)5-12-6-8(10)4-11-2/h8,10H,3-6H2,1-2H3. The van der Waals surface area contributed by atoms with Gasteiger partial charge in [-0.1, -0.05) is 6.92 Å². The zero-order chi connectivity index (χ0) is 9.40. The van der Waals surface area contributed by atoms with Crippen LogP contribution in [-0.2, 0) is 4.79 Å². The van der Waals surface area contributed by atoms with E-state index in [9.17, 15) is 9.90 Å². The molecule has 0 aromatic rings. The molecule has 0 saturated heterocycles. The third kappa shape index (κ3) is 7.00. The van der Waals surface area contributed by atoms with Gasteiger partial charge in [0.05, 0.1) is 11.9 Å². The van der Waals surface area contributed by atoms with E-state index in [-0.39, 0.29) is 11.9 Å². The normalized spacial score (nSPS) is 12.9. The minimum absolute atomic E-state index is 0.261. The van der Waals surface area contributed by atoms with Gasteiger partial charge >= 0.3 is 0 Å². The summed E-state index contributed by atoms with van der Waals surface area (Å²) in [7, 11) is 0. The number of carbonyl (C=O) groups is 1. The van der Waals surface area contributed by atoms with Gasteiger partial charge in [0.1, 0.15) is 5.78 Å². The predicted octanol–water partition coefficient (Wildman–Crippen LogP) is 1.42. The summed E-state index contributed by atoms with van der Waals surface area (Å²) in [6.45, 7) is 1.86. The van der Waals surface area contributed by atoms with Crippen LogP contribution in [0.15, 0.2) is 0 Å². The number of carbonyl (C=O) groups excluding carboxylic acids is 1. The largest absolute Gasteiger partial charge is 0.391 e. The van der Waals surface area contributed by atoms with Crippen LogP contribution in [0.4, 0.5) is 0 Å². The highest BCUT2D eigenvalue weighted by Gasteiger charge is 2.04. The van der Waals surface area contributed by atoms with E-state index in [1.807, 2.05) is 13.2 Å². The molecule has 0 aliphatic carbocycles. The Bertz CT molecular complexity index is 128. The molecule has 0 bridgehead atoms. The van der Waals surface area contributed by atoms with Gasteiger partial charge < -0.3 is 5.11 Å². The van der Waals surface area contributed by atoms with Crippen LogP contribution in [0.2, 0.25) is 0 Å². The van der Waals surface area contributed by atoms with Crippen molar-refractivity contribution in [3.63, 3.8) is 0 Å². The SMILES string of the molecule is CCC(=O)CSCC(O)CSC. The van der Waals surface area contributed by atoms with Crippen LogP contribution in [0.5, 0.6) is 0 Å². The zero-order valence-electron chi connectivity index (χ0n) is 7.58. The lowest BCUT2D eigenvalue weighted by Gasteiger charge is -2.06. The van der Waals surface area contributed by atoms with Gasteiger partial charge in [0.2, 0.25) is 0 Å². The lowest BCUT2D eigenvalue weighted by Crippen LogP contribution is -2.14. The Morgan fingerprint density at radius 3 is 2.67 bits per heavy atom. The number of rotatable bonds is 7. The summed E-state index contributed by atoms with van der Waals surface area (Å²) in [5, 5.41) is 9.28. The Balaban J connectivity index is 3.24. The molecule has 1 atom stereocenters. The summed E-state index contributed by atoms with van der Waals surface area (Å²) < 4.78 is 0. The first kappa shape index (κ1) is 12.3. The van der Waals surface area contributed by atoms with Crippen molar-refractivity contribution in [2.45, 2.75) is 19.4 Å². The Morgan fingerprint density at radius 2 is 2.17 bits per heavy atom. The van der Waals surface area contributed by atoms with E-state index in [2.05, 4.69) is 0 Å². The summed E-state index contributed by atoms with van der Waals surface area (Å²) in [5.74, 6) is 2.23. The summed E-state index contributed by atoms with van der Waals surface area (Å²) in [4.78, 5) is 10.8.